The maximum Gasteiger partial charge on any atom is 0.325 e. The van der Waals surface area contributed by atoms with Gasteiger partial charge < -0.3 is 24.5 Å². The van der Waals surface area contributed by atoms with Gasteiger partial charge in [0.15, 0.2) is 16.7 Å². The van der Waals surface area contributed by atoms with Crippen LogP contribution in [0.1, 0.15) is 24.6 Å². The summed E-state index contributed by atoms with van der Waals surface area (Å²) in [6.45, 7) is 6.32. The molecule has 11 nitrogen and oxygen atoms in total. The predicted octanol–water partition coefficient (Wildman–Crippen LogP) is 2.72. The number of nitrogens with one attached hydrogen (secondary N) is 2. The number of ether oxygens (including phenoxy) is 3. The second-order valence-corrected chi connectivity index (χ2v) is 10.5. The lowest BCUT2D eigenvalue weighted by Gasteiger charge is -2.31. The van der Waals surface area contributed by atoms with Crippen molar-refractivity contribution in [2.45, 2.75) is 24.9 Å². The zero-order valence-corrected chi connectivity index (χ0v) is 21.4. The molecule has 2 aliphatic rings. The van der Waals surface area contributed by atoms with Crippen LogP contribution in [0.15, 0.2) is 34.2 Å². The number of urea groups is 1. The Hall–Kier alpha value is -3.29. The van der Waals surface area contributed by atoms with Gasteiger partial charge in [0.05, 0.1) is 37.4 Å². The van der Waals surface area contributed by atoms with Gasteiger partial charge in [-0.15, -0.1) is 11.3 Å². The molecule has 2 aromatic heterocycles. The molecule has 2 N–H and O–H groups in total. The zero-order valence-electron chi connectivity index (χ0n) is 19.7. The minimum absolute atomic E-state index is 0.0980. The van der Waals surface area contributed by atoms with Crippen molar-refractivity contribution in [1.82, 2.24) is 15.0 Å². The Bertz CT molecular complexity index is 1370. The van der Waals surface area contributed by atoms with Crippen LogP contribution in [0.5, 0.6) is 11.5 Å². The van der Waals surface area contributed by atoms with Gasteiger partial charge in [-0.05, 0) is 24.1 Å². The fourth-order valence-corrected chi connectivity index (χ4v) is 5.67. The summed E-state index contributed by atoms with van der Waals surface area (Å²) in [7, 11) is 0. The lowest BCUT2D eigenvalue weighted by atomic mass is 10.2. The van der Waals surface area contributed by atoms with Crippen LogP contribution >= 0.6 is 23.1 Å². The van der Waals surface area contributed by atoms with Crippen LogP contribution in [-0.4, -0.2) is 60.4 Å². The van der Waals surface area contributed by atoms with E-state index in [9.17, 15) is 14.4 Å². The van der Waals surface area contributed by atoms with Crippen molar-refractivity contribution in [1.29, 1.82) is 0 Å². The smallest absolute Gasteiger partial charge is 0.325 e. The Morgan fingerprint density at radius 1 is 1.17 bits per heavy atom. The molecule has 0 radical (unpaired) electrons. The molecule has 36 heavy (non-hydrogen) atoms. The summed E-state index contributed by atoms with van der Waals surface area (Å²) in [4.78, 5) is 44.7. The number of thiophene rings is 1. The van der Waals surface area contributed by atoms with Crippen LogP contribution in [0.25, 0.3) is 10.2 Å². The standard InChI is InChI=1S/C23H25N5O6S2/c1-13(2)18-10-15-20(36-18)26-23(28(21(15)30)27-5-7-32-8-6-27)35-11-19(29)25-22(31)24-14-3-4-16-17(9-14)34-12-33-16/h3-4,9-10,13H,5-8,11-12H2,1-2H3,(H2,24,25,29,31). The van der Waals surface area contributed by atoms with Gasteiger partial charge in [0, 0.05) is 16.6 Å². The number of hydrogen-bond acceptors (Lipinski definition) is 10. The normalized spacial score (nSPS) is 14.9. The average molecular weight is 532 g/mol. The number of anilines is 1. The van der Waals surface area contributed by atoms with Crippen molar-refractivity contribution >= 4 is 50.9 Å². The van der Waals surface area contributed by atoms with E-state index in [-0.39, 0.29) is 24.0 Å². The van der Waals surface area contributed by atoms with E-state index < -0.39 is 11.9 Å². The van der Waals surface area contributed by atoms with Crippen LogP contribution < -0.4 is 30.7 Å². The van der Waals surface area contributed by atoms with Crippen molar-refractivity contribution < 1.29 is 23.8 Å². The Kier molecular flexibility index (Phi) is 7.03. The Balaban J connectivity index is 1.30. The molecule has 3 amide bonds. The second kappa shape index (κ2) is 10.4. The molecular formula is C23H25N5O6S2. The maximum atomic E-state index is 13.4. The van der Waals surface area contributed by atoms with Crippen molar-refractivity contribution in [3.63, 3.8) is 0 Å². The van der Waals surface area contributed by atoms with E-state index in [2.05, 4.69) is 24.5 Å². The van der Waals surface area contributed by atoms with E-state index in [4.69, 9.17) is 19.2 Å². The summed E-state index contributed by atoms with van der Waals surface area (Å²) in [6, 6.07) is 6.18. The number of thioether (sulfide) groups is 1. The van der Waals surface area contributed by atoms with E-state index in [0.29, 0.717) is 58.9 Å². The van der Waals surface area contributed by atoms with Crippen molar-refractivity contribution in [3.8, 4) is 11.5 Å². The molecule has 0 spiro atoms. The molecule has 190 valence electrons. The molecule has 5 rings (SSSR count). The van der Waals surface area contributed by atoms with Crippen LogP contribution in [-0.2, 0) is 9.53 Å². The number of nitrogens with zero attached hydrogens (tertiary/aromatic N) is 3. The Morgan fingerprint density at radius 3 is 2.72 bits per heavy atom. The molecule has 1 saturated heterocycles. The Morgan fingerprint density at radius 2 is 1.94 bits per heavy atom. The number of rotatable bonds is 6. The molecule has 0 atom stereocenters. The summed E-state index contributed by atoms with van der Waals surface area (Å²) < 4.78 is 17.5. The largest absolute Gasteiger partial charge is 0.454 e. The number of benzene rings is 1. The number of fused-ring (bicyclic) bond motifs is 2. The molecule has 2 aliphatic heterocycles. The summed E-state index contributed by atoms with van der Waals surface area (Å²) in [6.07, 6.45) is 0. The maximum absolute atomic E-state index is 13.4. The molecule has 1 fully saturated rings. The molecule has 1 aromatic carbocycles. The molecule has 0 bridgehead atoms. The minimum Gasteiger partial charge on any atom is -0.454 e. The van der Waals surface area contributed by atoms with Crippen LogP contribution in [0.4, 0.5) is 10.5 Å². The first kappa shape index (κ1) is 24.4. The fourth-order valence-electron chi connectivity index (χ4n) is 3.78. The number of aromatic nitrogens is 2. The molecular weight excluding hydrogens is 506 g/mol. The first-order chi connectivity index (χ1) is 17.4. The van der Waals surface area contributed by atoms with E-state index in [1.54, 1.807) is 18.2 Å². The third-order valence-electron chi connectivity index (χ3n) is 5.59. The lowest BCUT2D eigenvalue weighted by molar-refractivity contribution is -0.117. The number of carbonyl (C=O) groups excluding carboxylic acids is 2. The molecule has 13 heteroatoms. The van der Waals surface area contributed by atoms with Gasteiger partial charge in [-0.25, -0.2) is 9.78 Å². The van der Waals surface area contributed by atoms with Gasteiger partial charge in [0.1, 0.15) is 4.83 Å². The monoisotopic (exact) mass is 531 g/mol. The number of hydrogen-bond donors (Lipinski definition) is 2. The summed E-state index contributed by atoms with van der Waals surface area (Å²) in [5.74, 6) is 0.766. The number of carbonyl (C=O) groups is 2. The van der Waals surface area contributed by atoms with Gasteiger partial charge in [-0.3, -0.25) is 14.9 Å². The molecule has 4 heterocycles. The summed E-state index contributed by atoms with van der Waals surface area (Å²) >= 11 is 2.59. The van der Waals surface area contributed by atoms with E-state index >= 15 is 0 Å². The van der Waals surface area contributed by atoms with Gasteiger partial charge in [0.25, 0.3) is 5.56 Å². The van der Waals surface area contributed by atoms with E-state index in [1.807, 2.05) is 11.1 Å². The van der Waals surface area contributed by atoms with Crippen molar-refractivity contribution in [2.24, 2.45) is 0 Å². The third kappa shape index (κ3) is 5.13. The molecule has 0 unspecified atom stereocenters. The van der Waals surface area contributed by atoms with Crippen molar-refractivity contribution in [3.05, 3.63) is 39.5 Å². The number of amides is 3. The molecule has 0 aliphatic carbocycles. The third-order valence-corrected chi connectivity index (χ3v) is 7.85. The van der Waals surface area contributed by atoms with Crippen molar-refractivity contribution in [2.75, 3.05) is 49.2 Å². The predicted molar refractivity (Wildman–Crippen MR) is 137 cm³/mol. The summed E-state index contributed by atoms with van der Waals surface area (Å²) in [5.41, 5.74) is 0.289. The Labute approximate surface area is 214 Å². The van der Waals surface area contributed by atoms with Crippen LogP contribution in [0, 0.1) is 0 Å². The first-order valence-corrected chi connectivity index (χ1v) is 13.2. The average Bonchev–Trinajstić information content (AvgIpc) is 3.50. The number of morpholine rings is 1. The highest BCUT2D eigenvalue weighted by molar-refractivity contribution is 7.99. The lowest BCUT2D eigenvalue weighted by Crippen LogP contribution is -2.49. The highest BCUT2D eigenvalue weighted by Gasteiger charge is 2.22. The van der Waals surface area contributed by atoms with Gasteiger partial charge >= 0.3 is 6.03 Å². The topological polar surface area (TPSA) is 124 Å². The minimum atomic E-state index is -0.673. The highest BCUT2D eigenvalue weighted by atomic mass is 32.2. The van der Waals surface area contributed by atoms with Crippen LogP contribution in [0.3, 0.4) is 0 Å². The van der Waals surface area contributed by atoms with E-state index in [0.717, 1.165) is 16.6 Å². The second-order valence-electron chi connectivity index (χ2n) is 8.46. The molecule has 0 saturated carbocycles. The van der Waals surface area contributed by atoms with Gasteiger partial charge in [0.2, 0.25) is 12.7 Å². The zero-order chi connectivity index (χ0) is 25.2. The first-order valence-electron chi connectivity index (χ1n) is 11.4. The van der Waals surface area contributed by atoms with Gasteiger partial charge in [-0.1, -0.05) is 25.6 Å². The number of imide groups is 1. The molecule has 3 aromatic rings. The summed E-state index contributed by atoms with van der Waals surface area (Å²) in [5, 5.41) is 7.76. The van der Waals surface area contributed by atoms with E-state index in [1.165, 1.54) is 16.0 Å². The van der Waals surface area contributed by atoms with Crippen LogP contribution in [0.2, 0.25) is 0 Å². The SMILES string of the molecule is CC(C)c1cc2c(=O)n(N3CCOCC3)c(SCC(=O)NC(=O)Nc3ccc4c(c3)OCO4)nc2s1. The van der Waals surface area contributed by atoms with Gasteiger partial charge in [-0.2, -0.15) is 4.68 Å². The highest BCUT2D eigenvalue weighted by Crippen LogP contribution is 2.34. The fraction of sp³-hybridized carbons (Fsp3) is 0.391. The quantitative estimate of drug-likeness (QED) is 0.365.